The van der Waals surface area contributed by atoms with Crippen LogP contribution in [0.3, 0.4) is 0 Å². The van der Waals surface area contributed by atoms with E-state index in [4.69, 9.17) is 33.0 Å². The van der Waals surface area contributed by atoms with Gasteiger partial charge in [0.1, 0.15) is 22.8 Å². The molecule has 0 atom stereocenters. The fraction of sp³-hybridized carbons (Fsp3) is 0.0870. The number of anilines is 1. The molecule has 1 saturated heterocycles. The first kappa shape index (κ1) is 23.1. The first-order chi connectivity index (χ1) is 16.3. The molecule has 1 fully saturated rings. The number of non-ortho nitro benzene ring substituents is 1. The van der Waals surface area contributed by atoms with Crippen LogP contribution in [0.15, 0.2) is 64.6 Å². The Balaban J connectivity index is 1.65. The molecular weight excluding hydrogens is 482 g/mol. The molecule has 9 nitrogen and oxygen atoms in total. The zero-order valence-electron chi connectivity index (χ0n) is 17.6. The highest BCUT2D eigenvalue weighted by molar-refractivity contribution is 7.80. The lowest BCUT2D eigenvalue weighted by Gasteiger charge is -2.28. The van der Waals surface area contributed by atoms with Gasteiger partial charge in [0, 0.05) is 17.7 Å². The maximum absolute atomic E-state index is 13.2. The van der Waals surface area contributed by atoms with Crippen molar-refractivity contribution in [2.75, 3.05) is 11.5 Å². The zero-order valence-corrected chi connectivity index (χ0v) is 19.2. The van der Waals surface area contributed by atoms with Crippen LogP contribution in [0.5, 0.6) is 5.75 Å². The molecule has 1 aliphatic heterocycles. The average Bonchev–Trinajstić information content (AvgIpc) is 3.26. The Labute approximate surface area is 203 Å². The quantitative estimate of drug-likeness (QED) is 0.172. The largest absolute Gasteiger partial charge is 0.494 e. The van der Waals surface area contributed by atoms with E-state index in [1.807, 2.05) is 6.92 Å². The van der Waals surface area contributed by atoms with Gasteiger partial charge in [0.15, 0.2) is 5.11 Å². The number of hydrogen-bond donors (Lipinski definition) is 1. The van der Waals surface area contributed by atoms with Crippen molar-refractivity contribution in [2.24, 2.45) is 0 Å². The van der Waals surface area contributed by atoms with Gasteiger partial charge in [0.05, 0.1) is 22.2 Å². The van der Waals surface area contributed by atoms with Crippen LogP contribution in [0.25, 0.3) is 17.4 Å². The Kier molecular flexibility index (Phi) is 6.44. The second-order valence-corrected chi connectivity index (χ2v) is 7.80. The molecule has 4 rings (SSSR count). The molecule has 1 N–H and O–H groups in total. The number of carbonyl (C=O) groups is 2. The normalized spacial score (nSPS) is 14.9. The third kappa shape index (κ3) is 4.54. The maximum Gasteiger partial charge on any atom is 0.270 e. The van der Waals surface area contributed by atoms with Crippen LogP contribution in [-0.2, 0) is 9.59 Å². The first-order valence-corrected chi connectivity index (χ1v) is 10.8. The van der Waals surface area contributed by atoms with Crippen LogP contribution in [0.2, 0.25) is 5.02 Å². The summed E-state index contributed by atoms with van der Waals surface area (Å²) >= 11 is 11.4. The molecule has 34 heavy (non-hydrogen) atoms. The van der Waals surface area contributed by atoms with E-state index in [1.165, 1.54) is 41.3 Å². The van der Waals surface area contributed by atoms with E-state index in [0.29, 0.717) is 23.6 Å². The van der Waals surface area contributed by atoms with E-state index in [2.05, 4.69) is 5.32 Å². The Morgan fingerprint density at radius 2 is 1.91 bits per heavy atom. The lowest BCUT2D eigenvalue weighted by Crippen LogP contribution is -2.54. The summed E-state index contributed by atoms with van der Waals surface area (Å²) in [5.41, 5.74) is 0.399. The summed E-state index contributed by atoms with van der Waals surface area (Å²) in [4.78, 5) is 37.4. The average molecular weight is 498 g/mol. The summed E-state index contributed by atoms with van der Waals surface area (Å²) in [6.07, 6.45) is 1.27. The highest BCUT2D eigenvalue weighted by Gasteiger charge is 2.34. The van der Waals surface area contributed by atoms with Crippen LogP contribution in [0, 0.1) is 10.1 Å². The molecule has 172 valence electrons. The topological polar surface area (TPSA) is 115 Å². The lowest BCUT2D eigenvalue weighted by atomic mass is 10.1. The van der Waals surface area contributed by atoms with Crippen molar-refractivity contribution in [3.05, 3.63) is 81.1 Å². The minimum absolute atomic E-state index is 0.0557. The smallest absolute Gasteiger partial charge is 0.270 e. The van der Waals surface area contributed by atoms with Crippen molar-refractivity contribution < 1.29 is 23.7 Å². The molecule has 2 heterocycles. The Morgan fingerprint density at radius 3 is 2.59 bits per heavy atom. The van der Waals surface area contributed by atoms with Gasteiger partial charge in [-0.25, -0.2) is 0 Å². The van der Waals surface area contributed by atoms with Gasteiger partial charge in [0.2, 0.25) is 0 Å². The summed E-state index contributed by atoms with van der Waals surface area (Å²) in [5.74, 6) is -0.268. The molecular formula is C23H16ClN3O6S. The molecule has 1 aliphatic rings. The monoisotopic (exact) mass is 497 g/mol. The Hall–Kier alpha value is -4.02. The third-order valence-electron chi connectivity index (χ3n) is 4.85. The molecule has 0 radical (unpaired) electrons. The number of ether oxygens (including phenoxy) is 1. The van der Waals surface area contributed by atoms with Crippen LogP contribution >= 0.6 is 23.8 Å². The standard InChI is InChI=1S/C23H16ClN3O6S/c1-2-32-15-6-3-13(4-7-15)26-22(29)18(21(28)25-23(26)34)12-16-8-10-20(33-16)17-11-14(27(30)31)5-9-19(17)24/h3-12H,2H2,1H3,(H,25,28,34). The van der Waals surface area contributed by atoms with Crippen LogP contribution in [0.4, 0.5) is 11.4 Å². The van der Waals surface area contributed by atoms with E-state index in [-0.39, 0.29) is 32.9 Å². The number of amides is 2. The molecule has 0 spiro atoms. The van der Waals surface area contributed by atoms with Crippen molar-refractivity contribution in [2.45, 2.75) is 6.92 Å². The van der Waals surface area contributed by atoms with Crippen molar-refractivity contribution in [1.29, 1.82) is 0 Å². The first-order valence-electron chi connectivity index (χ1n) is 9.97. The predicted octanol–water partition coefficient (Wildman–Crippen LogP) is 4.74. The zero-order chi connectivity index (χ0) is 24.4. The number of nitro benzene ring substituents is 1. The molecule has 3 aromatic rings. The van der Waals surface area contributed by atoms with E-state index >= 15 is 0 Å². The maximum atomic E-state index is 13.2. The van der Waals surface area contributed by atoms with Crippen molar-refractivity contribution >= 4 is 58.2 Å². The lowest BCUT2D eigenvalue weighted by molar-refractivity contribution is -0.384. The van der Waals surface area contributed by atoms with Gasteiger partial charge < -0.3 is 9.15 Å². The SMILES string of the molecule is CCOc1ccc(N2C(=O)C(=Cc3ccc(-c4cc([N+](=O)[O-])ccc4Cl)o3)C(=O)NC2=S)cc1. The molecule has 11 heteroatoms. The van der Waals surface area contributed by atoms with Gasteiger partial charge in [-0.05, 0) is 67.7 Å². The van der Waals surface area contributed by atoms with E-state index in [0.717, 1.165) is 0 Å². The molecule has 2 amide bonds. The number of nitrogens with one attached hydrogen (secondary N) is 1. The van der Waals surface area contributed by atoms with Crippen molar-refractivity contribution in [1.82, 2.24) is 5.32 Å². The second-order valence-electron chi connectivity index (χ2n) is 7.01. The fourth-order valence-corrected chi connectivity index (χ4v) is 3.77. The summed E-state index contributed by atoms with van der Waals surface area (Å²) in [6.45, 7) is 2.35. The van der Waals surface area contributed by atoms with Crippen molar-refractivity contribution in [3.8, 4) is 17.1 Å². The number of nitrogens with zero attached hydrogens (tertiary/aromatic N) is 2. The number of carbonyl (C=O) groups excluding carboxylic acids is 2. The molecule has 0 unspecified atom stereocenters. The Bertz CT molecular complexity index is 1350. The number of rotatable bonds is 6. The summed E-state index contributed by atoms with van der Waals surface area (Å²) in [7, 11) is 0. The van der Waals surface area contributed by atoms with Gasteiger partial charge in [-0.1, -0.05) is 11.6 Å². The van der Waals surface area contributed by atoms with E-state index in [1.54, 1.807) is 24.3 Å². The van der Waals surface area contributed by atoms with Crippen LogP contribution in [0.1, 0.15) is 12.7 Å². The summed E-state index contributed by atoms with van der Waals surface area (Å²) in [6, 6.07) is 13.7. The van der Waals surface area contributed by atoms with E-state index < -0.39 is 16.7 Å². The van der Waals surface area contributed by atoms with Gasteiger partial charge in [-0.3, -0.25) is 29.9 Å². The molecule has 2 aromatic carbocycles. The predicted molar refractivity (Wildman–Crippen MR) is 130 cm³/mol. The van der Waals surface area contributed by atoms with Gasteiger partial charge in [-0.2, -0.15) is 0 Å². The molecule has 0 saturated carbocycles. The van der Waals surface area contributed by atoms with Crippen molar-refractivity contribution in [3.63, 3.8) is 0 Å². The van der Waals surface area contributed by atoms with Crippen LogP contribution < -0.4 is 15.0 Å². The number of furan rings is 1. The number of benzene rings is 2. The van der Waals surface area contributed by atoms with Gasteiger partial charge >= 0.3 is 0 Å². The fourth-order valence-electron chi connectivity index (χ4n) is 3.28. The minimum atomic E-state index is -0.677. The summed E-state index contributed by atoms with van der Waals surface area (Å²) in [5, 5.41) is 13.8. The third-order valence-corrected chi connectivity index (χ3v) is 5.46. The molecule has 0 bridgehead atoms. The van der Waals surface area contributed by atoms with Gasteiger partial charge in [0.25, 0.3) is 17.5 Å². The second kappa shape index (κ2) is 9.46. The highest BCUT2D eigenvalue weighted by Crippen LogP contribution is 2.33. The number of thiocarbonyl (C=S) groups is 1. The highest BCUT2D eigenvalue weighted by atomic mass is 35.5. The number of nitro groups is 1. The Morgan fingerprint density at radius 1 is 1.18 bits per heavy atom. The van der Waals surface area contributed by atoms with E-state index in [9.17, 15) is 19.7 Å². The molecule has 1 aromatic heterocycles. The van der Waals surface area contributed by atoms with Crippen LogP contribution in [-0.4, -0.2) is 28.5 Å². The minimum Gasteiger partial charge on any atom is -0.494 e. The summed E-state index contributed by atoms with van der Waals surface area (Å²) < 4.78 is 11.1. The van der Waals surface area contributed by atoms with Gasteiger partial charge in [-0.15, -0.1) is 0 Å². The number of halogens is 1. The number of hydrogen-bond acceptors (Lipinski definition) is 7. The molecule has 0 aliphatic carbocycles.